The van der Waals surface area contributed by atoms with Crippen molar-refractivity contribution in [3.8, 4) is 0 Å². The van der Waals surface area contributed by atoms with Gasteiger partial charge in [0, 0.05) is 0 Å². The number of primary amides is 1. The monoisotopic (exact) mass is 252 g/mol. The fourth-order valence-electron chi connectivity index (χ4n) is 0.992. The Labute approximate surface area is 96.5 Å². The van der Waals surface area contributed by atoms with Gasteiger partial charge in [0.15, 0.2) is 5.78 Å². The van der Waals surface area contributed by atoms with Gasteiger partial charge in [-0.05, 0) is 0 Å². The molecule has 0 saturated carbocycles. The van der Waals surface area contributed by atoms with Crippen LogP contribution in [0.5, 0.6) is 0 Å². The number of aliphatic hydroxyl groups excluding tert-OH is 5. The molecule has 0 fully saturated rings. The molecule has 2 amide bonds. The Hall–Kier alpha value is -1.26. The number of amides is 2. The molecule has 0 aromatic heterocycles. The summed E-state index contributed by atoms with van der Waals surface area (Å²) in [5, 5.41) is 47.1. The molecule has 8 N–H and O–H groups in total. The summed E-state index contributed by atoms with van der Waals surface area (Å²) in [6.45, 7) is -1.48. The quantitative estimate of drug-likeness (QED) is 0.240. The number of carbonyl (C=O) groups is 2. The molecule has 0 unspecified atom stereocenters. The molecule has 0 aromatic carbocycles. The third kappa shape index (κ3) is 5.06. The number of ketones is 1. The average Bonchev–Trinajstić information content (AvgIpc) is 2.31. The topological polar surface area (TPSA) is 173 Å². The molecule has 0 bridgehead atoms. The number of hydrogen-bond donors (Lipinski definition) is 7. The Morgan fingerprint density at radius 2 is 1.65 bits per heavy atom. The standard InChI is InChI=1S/C8H16N2O7/c9-8(17)10-1-3(12)5(14)7(16)6(15)4(13)2-11/h4-7,11,13-16H,1-2H2,(H3,9,10,17)/t4-,5-,6-,7-/m1/s1. The van der Waals surface area contributed by atoms with Gasteiger partial charge in [-0.3, -0.25) is 4.79 Å². The van der Waals surface area contributed by atoms with Crippen molar-refractivity contribution >= 4 is 11.8 Å². The van der Waals surface area contributed by atoms with Crippen LogP contribution < -0.4 is 11.1 Å². The minimum absolute atomic E-state index is 0.629. The van der Waals surface area contributed by atoms with Gasteiger partial charge in [-0.25, -0.2) is 4.79 Å². The van der Waals surface area contributed by atoms with E-state index in [1.54, 1.807) is 0 Å². The van der Waals surface area contributed by atoms with E-state index >= 15 is 0 Å². The van der Waals surface area contributed by atoms with Gasteiger partial charge in [0.25, 0.3) is 0 Å². The third-order valence-corrected chi connectivity index (χ3v) is 2.02. The molecule has 0 heterocycles. The SMILES string of the molecule is NC(=O)NCC(=O)[C@@H](O)[C@@H](O)[C@H](O)[C@H](O)CO. The van der Waals surface area contributed by atoms with Gasteiger partial charge in [0.2, 0.25) is 0 Å². The average molecular weight is 252 g/mol. The normalized spacial score (nSPS) is 17.9. The number of nitrogens with two attached hydrogens (primary N) is 1. The van der Waals surface area contributed by atoms with Crippen LogP contribution in [0.1, 0.15) is 0 Å². The van der Waals surface area contributed by atoms with E-state index in [-0.39, 0.29) is 0 Å². The maximum atomic E-state index is 11.2. The summed E-state index contributed by atoms with van der Waals surface area (Å²) < 4.78 is 0. The van der Waals surface area contributed by atoms with Crippen LogP contribution in [-0.4, -0.2) is 74.9 Å². The zero-order valence-corrected chi connectivity index (χ0v) is 8.85. The van der Waals surface area contributed by atoms with Gasteiger partial charge in [-0.2, -0.15) is 0 Å². The zero-order chi connectivity index (χ0) is 13.6. The number of rotatable bonds is 7. The van der Waals surface area contributed by atoms with E-state index in [2.05, 4.69) is 5.73 Å². The van der Waals surface area contributed by atoms with Crippen LogP contribution in [0.25, 0.3) is 0 Å². The molecule has 0 saturated heterocycles. The molecule has 4 atom stereocenters. The third-order valence-electron chi connectivity index (χ3n) is 2.02. The highest BCUT2D eigenvalue weighted by Gasteiger charge is 2.33. The second-order valence-electron chi connectivity index (χ2n) is 3.36. The van der Waals surface area contributed by atoms with E-state index in [1.165, 1.54) is 0 Å². The van der Waals surface area contributed by atoms with E-state index in [1.807, 2.05) is 5.32 Å². The Morgan fingerprint density at radius 1 is 1.12 bits per heavy atom. The van der Waals surface area contributed by atoms with Crippen molar-refractivity contribution < 1.29 is 35.1 Å². The molecule has 0 radical (unpaired) electrons. The van der Waals surface area contributed by atoms with Crippen LogP contribution in [-0.2, 0) is 4.79 Å². The number of Topliss-reactive ketones (excluding diaryl/α,β-unsaturated/α-hetero) is 1. The minimum Gasteiger partial charge on any atom is -0.394 e. The molecule has 100 valence electrons. The van der Waals surface area contributed by atoms with E-state index in [0.717, 1.165) is 0 Å². The molecule has 0 aromatic rings. The van der Waals surface area contributed by atoms with Gasteiger partial charge < -0.3 is 36.6 Å². The summed E-state index contributed by atoms with van der Waals surface area (Å²) in [6, 6.07) is -0.990. The molecule has 17 heavy (non-hydrogen) atoms. The Balaban J connectivity index is 4.32. The van der Waals surface area contributed by atoms with Gasteiger partial charge in [0.1, 0.15) is 24.4 Å². The van der Waals surface area contributed by atoms with Crippen molar-refractivity contribution in [1.82, 2.24) is 5.32 Å². The Bertz CT molecular complexity index is 273. The summed E-state index contributed by atoms with van der Waals surface area (Å²) in [7, 11) is 0. The molecule has 0 aliphatic rings. The minimum atomic E-state index is -2.02. The van der Waals surface area contributed by atoms with Crippen LogP contribution in [0, 0.1) is 0 Å². The molecular weight excluding hydrogens is 236 g/mol. The van der Waals surface area contributed by atoms with Crippen molar-refractivity contribution in [3.05, 3.63) is 0 Å². The number of nitrogens with one attached hydrogen (secondary N) is 1. The Kier molecular flexibility index (Phi) is 6.61. The van der Waals surface area contributed by atoms with Crippen LogP contribution in [0.15, 0.2) is 0 Å². The van der Waals surface area contributed by atoms with E-state index in [4.69, 9.17) is 10.2 Å². The highest BCUT2D eigenvalue weighted by molar-refractivity contribution is 5.88. The molecular formula is C8H16N2O7. The first-order valence-electron chi connectivity index (χ1n) is 4.70. The van der Waals surface area contributed by atoms with Crippen LogP contribution in [0.2, 0.25) is 0 Å². The lowest BCUT2D eigenvalue weighted by atomic mass is 10.0. The summed E-state index contributed by atoms with van der Waals surface area (Å²) in [5.41, 5.74) is 4.68. The number of urea groups is 1. The molecule has 0 rings (SSSR count). The first-order valence-corrected chi connectivity index (χ1v) is 4.70. The first kappa shape index (κ1) is 15.7. The lowest BCUT2D eigenvalue weighted by Gasteiger charge is -2.24. The molecule has 9 nitrogen and oxygen atoms in total. The summed E-state index contributed by atoms with van der Waals surface area (Å²) >= 11 is 0. The molecule has 0 spiro atoms. The van der Waals surface area contributed by atoms with Crippen molar-refractivity contribution in [2.45, 2.75) is 24.4 Å². The highest BCUT2D eigenvalue weighted by atomic mass is 16.4. The maximum absolute atomic E-state index is 11.2. The predicted molar refractivity (Wildman–Crippen MR) is 53.7 cm³/mol. The summed E-state index contributed by atoms with van der Waals surface area (Å²) in [4.78, 5) is 21.4. The van der Waals surface area contributed by atoms with Crippen LogP contribution >= 0.6 is 0 Å². The summed E-state index contributed by atoms with van der Waals surface area (Å²) in [6.07, 6.45) is -7.60. The lowest BCUT2D eigenvalue weighted by Crippen LogP contribution is -2.51. The fourth-order valence-corrected chi connectivity index (χ4v) is 0.992. The number of aliphatic hydroxyl groups is 5. The largest absolute Gasteiger partial charge is 0.394 e. The molecule has 0 aliphatic carbocycles. The second-order valence-corrected chi connectivity index (χ2v) is 3.36. The van der Waals surface area contributed by atoms with E-state index in [9.17, 15) is 24.9 Å². The van der Waals surface area contributed by atoms with Crippen molar-refractivity contribution in [3.63, 3.8) is 0 Å². The second kappa shape index (κ2) is 7.14. The Morgan fingerprint density at radius 3 is 2.06 bits per heavy atom. The van der Waals surface area contributed by atoms with Crippen molar-refractivity contribution in [2.75, 3.05) is 13.2 Å². The summed E-state index contributed by atoms with van der Waals surface area (Å²) in [5.74, 6) is -1.000. The van der Waals surface area contributed by atoms with Crippen LogP contribution in [0.4, 0.5) is 4.79 Å². The van der Waals surface area contributed by atoms with E-state index in [0.29, 0.717) is 0 Å². The lowest BCUT2D eigenvalue weighted by molar-refractivity contribution is -0.146. The van der Waals surface area contributed by atoms with E-state index < -0.39 is 49.4 Å². The highest BCUT2D eigenvalue weighted by Crippen LogP contribution is 2.05. The van der Waals surface area contributed by atoms with Crippen molar-refractivity contribution in [1.29, 1.82) is 0 Å². The van der Waals surface area contributed by atoms with Gasteiger partial charge in [-0.1, -0.05) is 0 Å². The van der Waals surface area contributed by atoms with Gasteiger partial charge in [0.05, 0.1) is 13.2 Å². The smallest absolute Gasteiger partial charge is 0.312 e. The van der Waals surface area contributed by atoms with Crippen LogP contribution in [0.3, 0.4) is 0 Å². The zero-order valence-electron chi connectivity index (χ0n) is 8.85. The fraction of sp³-hybridized carbons (Fsp3) is 0.750. The number of carbonyl (C=O) groups excluding carboxylic acids is 2. The molecule has 9 heteroatoms. The van der Waals surface area contributed by atoms with Crippen molar-refractivity contribution in [2.24, 2.45) is 5.73 Å². The molecule has 0 aliphatic heterocycles. The first-order chi connectivity index (χ1) is 7.81. The van der Waals surface area contributed by atoms with Gasteiger partial charge >= 0.3 is 6.03 Å². The van der Waals surface area contributed by atoms with Gasteiger partial charge in [-0.15, -0.1) is 0 Å². The maximum Gasteiger partial charge on any atom is 0.312 e. The predicted octanol–water partition coefficient (Wildman–Crippen LogP) is -4.34. The number of hydrogen-bond acceptors (Lipinski definition) is 7.